The van der Waals surface area contributed by atoms with Gasteiger partial charge in [-0.1, -0.05) is 0 Å². The molecule has 0 aromatic heterocycles. The van der Waals surface area contributed by atoms with E-state index in [1.807, 2.05) is 0 Å². The van der Waals surface area contributed by atoms with Gasteiger partial charge in [0, 0.05) is 53.7 Å². The second kappa shape index (κ2) is 7.61. The van der Waals surface area contributed by atoms with Crippen LogP contribution in [0.5, 0.6) is 0 Å². The fourth-order valence-electron chi connectivity index (χ4n) is 4.98. The molecule has 0 aromatic rings. The number of hydrogen-bond acceptors (Lipinski definition) is 6. The van der Waals surface area contributed by atoms with Crippen LogP contribution in [0.3, 0.4) is 0 Å². The first-order valence-corrected chi connectivity index (χ1v) is 12.0. The normalized spacial score (nSPS) is 31.0. The molecule has 0 radical (unpaired) electrons. The first kappa shape index (κ1) is 19.5. The van der Waals surface area contributed by atoms with Gasteiger partial charge in [-0.25, -0.2) is 0 Å². The third kappa shape index (κ3) is 3.20. The fraction of sp³-hybridized carbons (Fsp3) is 1.00. The fourth-order valence-corrected chi connectivity index (χ4v) is 10.1. The molecule has 3 unspecified atom stereocenters. The highest BCUT2D eigenvalue weighted by molar-refractivity contribution is 6.64. The molecule has 3 atom stereocenters. The predicted molar refractivity (Wildman–Crippen MR) is 91.1 cm³/mol. The smallest absolute Gasteiger partial charge is 0.377 e. The molecule has 8 heteroatoms. The third-order valence-corrected chi connectivity index (χ3v) is 12.5. The molecule has 2 aliphatic carbocycles. The molecule has 2 aliphatic rings. The van der Waals surface area contributed by atoms with Crippen LogP contribution in [-0.4, -0.2) is 60.3 Å². The van der Waals surface area contributed by atoms with E-state index in [0.29, 0.717) is 5.92 Å². The van der Waals surface area contributed by atoms with Gasteiger partial charge < -0.3 is 26.6 Å². The van der Waals surface area contributed by atoms with Gasteiger partial charge in [-0.15, -0.1) is 0 Å². The highest BCUT2D eigenvalue weighted by Crippen LogP contribution is 2.67. The zero-order chi connectivity index (χ0) is 17.1. The largest absolute Gasteiger partial charge is 0.506 e. The lowest BCUT2D eigenvalue weighted by Crippen LogP contribution is -2.53. The van der Waals surface area contributed by atoms with Crippen LogP contribution in [-0.2, 0) is 26.6 Å². The van der Waals surface area contributed by atoms with Crippen LogP contribution in [0.2, 0.25) is 11.1 Å². The van der Waals surface area contributed by atoms with E-state index in [2.05, 4.69) is 0 Å². The number of fused-ring (bicyclic) bond motifs is 2. The molecule has 0 aromatic carbocycles. The van der Waals surface area contributed by atoms with Gasteiger partial charge in [0.2, 0.25) is 0 Å². The Kier molecular flexibility index (Phi) is 6.46. The maximum Gasteiger partial charge on any atom is 0.506 e. The van der Waals surface area contributed by atoms with Crippen LogP contribution in [0, 0.1) is 11.8 Å². The van der Waals surface area contributed by atoms with E-state index in [1.54, 1.807) is 42.7 Å². The molecule has 0 spiro atoms. The maximum absolute atomic E-state index is 5.83. The second-order valence-electron chi connectivity index (χ2n) is 6.75. The summed E-state index contributed by atoms with van der Waals surface area (Å²) in [6, 6.07) is 0.856. The summed E-state index contributed by atoms with van der Waals surface area (Å²) in [7, 11) is 5.12. The lowest BCUT2D eigenvalue weighted by atomic mass is 9.87. The van der Waals surface area contributed by atoms with Crippen molar-refractivity contribution in [2.24, 2.45) is 11.8 Å². The predicted octanol–water partition coefficient (Wildman–Crippen LogP) is 2.69. The van der Waals surface area contributed by atoms with Crippen LogP contribution in [0.25, 0.3) is 0 Å². The van der Waals surface area contributed by atoms with E-state index in [4.69, 9.17) is 26.6 Å². The minimum Gasteiger partial charge on any atom is -0.377 e. The summed E-state index contributed by atoms with van der Waals surface area (Å²) in [6.45, 7) is 0. The summed E-state index contributed by atoms with van der Waals surface area (Å²) in [5, 5.41) is 0.0814. The quantitative estimate of drug-likeness (QED) is 0.556. The summed E-state index contributed by atoms with van der Waals surface area (Å²) in [6.07, 6.45) is 5.71. The van der Waals surface area contributed by atoms with Gasteiger partial charge >= 0.3 is 17.6 Å². The van der Waals surface area contributed by atoms with Gasteiger partial charge in [-0.2, -0.15) is 0 Å². The zero-order valence-corrected chi connectivity index (χ0v) is 17.3. The van der Waals surface area contributed by atoms with Crippen molar-refractivity contribution >= 4 is 17.6 Å². The molecule has 0 N–H and O–H groups in total. The van der Waals surface area contributed by atoms with Crippen molar-refractivity contribution in [3.63, 3.8) is 0 Å². The van der Waals surface area contributed by atoms with Crippen molar-refractivity contribution in [1.82, 2.24) is 0 Å². The summed E-state index contributed by atoms with van der Waals surface area (Å²) in [5.41, 5.74) is 0. The molecule has 0 heterocycles. The number of hydrogen-bond donors (Lipinski definition) is 0. The van der Waals surface area contributed by atoms with E-state index in [9.17, 15) is 0 Å². The molecular formula is C15H32O6Si2. The Balaban J connectivity index is 2.07. The van der Waals surface area contributed by atoms with Gasteiger partial charge in [0.15, 0.2) is 0 Å². The van der Waals surface area contributed by atoms with E-state index < -0.39 is 17.6 Å². The molecular weight excluding hydrogens is 332 g/mol. The number of rotatable bonds is 10. The van der Waals surface area contributed by atoms with Gasteiger partial charge in [0.25, 0.3) is 0 Å². The van der Waals surface area contributed by atoms with Crippen molar-refractivity contribution in [2.45, 2.75) is 43.2 Å². The van der Waals surface area contributed by atoms with Crippen molar-refractivity contribution in [3.05, 3.63) is 0 Å². The summed E-state index contributed by atoms with van der Waals surface area (Å²) >= 11 is 0. The molecule has 0 amide bonds. The van der Waals surface area contributed by atoms with E-state index >= 15 is 0 Å². The van der Waals surface area contributed by atoms with Crippen molar-refractivity contribution < 1.29 is 26.6 Å². The van der Waals surface area contributed by atoms with Crippen LogP contribution in [0.4, 0.5) is 0 Å². The standard InChI is InChI=1S/C15H32O6Si2/c1-16-22(17-2,18-3)10-8-14-12-15(9-7-13(14)11-15)23(19-4,20-5)21-6/h13-14H,7-12H2,1-6H3. The molecule has 2 fully saturated rings. The Hall–Kier alpha value is 0.194. The van der Waals surface area contributed by atoms with E-state index in [0.717, 1.165) is 37.6 Å². The molecule has 0 aliphatic heterocycles. The second-order valence-corrected chi connectivity index (χ2v) is 13.2. The summed E-state index contributed by atoms with van der Waals surface area (Å²) in [4.78, 5) is 0. The minimum absolute atomic E-state index is 0.0814. The molecule has 2 saturated carbocycles. The first-order chi connectivity index (χ1) is 11.0. The molecule has 2 rings (SSSR count). The molecule has 23 heavy (non-hydrogen) atoms. The molecule has 6 nitrogen and oxygen atoms in total. The Labute approximate surface area is 142 Å². The Morgan fingerprint density at radius 2 is 1.39 bits per heavy atom. The highest BCUT2D eigenvalue weighted by atomic mass is 28.4. The van der Waals surface area contributed by atoms with E-state index in [1.165, 1.54) is 6.42 Å². The monoisotopic (exact) mass is 364 g/mol. The van der Waals surface area contributed by atoms with Crippen molar-refractivity contribution in [2.75, 3.05) is 42.7 Å². The Morgan fingerprint density at radius 1 is 0.826 bits per heavy atom. The van der Waals surface area contributed by atoms with Crippen molar-refractivity contribution in [3.8, 4) is 0 Å². The molecule has 136 valence electrons. The Bertz CT molecular complexity index is 372. The lowest BCUT2D eigenvalue weighted by molar-refractivity contribution is 0.0858. The van der Waals surface area contributed by atoms with Crippen LogP contribution >= 0.6 is 0 Å². The third-order valence-electron chi connectivity index (χ3n) is 6.18. The topological polar surface area (TPSA) is 55.4 Å². The SMILES string of the molecule is CO[Si](CCC1CC2([Si](OC)(OC)OC)CCC1C2)(OC)OC. The molecule has 0 saturated heterocycles. The summed E-state index contributed by atoms with van der Waals surface area (Å²) < 4.78 is 34.2. The van der Waals surface area contributed by atoms with Crippen LogP contribution < -0.4 is 0 Å². The average Bonchev–Trinajstić information content (AvgIpc) is 3.18. The van der Waals surface area contributed by atoms with Gasteiger partial charge in [-0.05, 0) is 43.9 Å². The average molecular weight is 365 g/mol. The van der Waals surface area contributed by atoms with Crippen LogP contribution in [0.1, 0.15) is 32.1 Å². The lowest BCUT2D eigenvalue weighted by Gasteiger charge is -2.41. The highest BCUT2D eigenvalue weighted by Gasteiger charge is 2.67. The van der Waals surface area contributed by atoms with Crippen LogP contribution in [0.15, 0.2) is 0 Å². The van der Waals surface area contributed by atoms with Gasteiger partial charge in [0.05, 0.1) is 0 Å². The van der Waals surface area contributed by atoms with Gasteiger partial charge in [0.1, 0.15) is 0 Å². The maximum atomic E-state index is 5.83. The van der Waals surface area contributed by atoms with Gasteiger partial charge in [-0.3, -0.25) is 0 Å². The summed E-state index contributed by atoms with van der Waals surface area (Å²) in [5.74, 6) is 1.36. The molecule has 2 bridgehead atoms. The Morgan fingerprint density at radius 3 is 1.87 bits per heavy atom. The van der Waals surface area contributed by atoms with E-state index in [-0.39, 0.29) is 5.04 Å². The minimum atomic E-state index is -2.62. The zero-order valence-electron chi connectivity index (χ0n) is 15.3. The van der Waals surface area contributed by atoms with Crippen molar-refractivity contribution in [1.29, 1.82) is 0 Å². The first-order valence-electron chi connectivity index (χ1n) is 8.30.